The summed E-state index contributed by atoms with van der Waals surface area (Å²) in [7, 11) is 1.89. The molecule has 3 rings (SSSR count). The van der Waals surface area contributed by atoms with Gasteiger partial charge in [0.1, 0.15) is 5.82 Å². The third-order valence-electron chi connectivity index (χ3n) is 4.38. The van der Waals surface area contributed by atoms with Crippen LogP contribution in [0, 0.1) is 19.7 Å². The van der Waals surface area contributed by atoms with Gasteiger partial charge >= 0.3 is 0 Å². The fourth-order valence-electron chi connectivity index (χ4n) is 3.12. The highest BCUT2D eigenvalue weighted by Crippen LogP contribution is 2.30. The van der Waals surface area contributed by atoms with E-state index in [-0.39, 0.29) is 17.8 Å². The molecule has 1 atom stereocenters. The third-order valence-corrected chi connectivity index (χ3v) is 4.38. The van der Waals surface area contributed by atoms with Gasteiger partial charge < -0.3 is 9.64 Å². The lowest BCUT2D eigenvalue weighted by molar-refractivity contribution is -0.00305. The second-order valence-electron chi connectivity index (χ2n) is 5.80. The molecular formula is C17H20FN3O2. The lowest BCUT2D eigenvalue weighted by Gasteiger charge is -2.36. The van der Waals surface area contributed by atoms with Crippen molar-refractivity contribution >= 4 is 5.91 Å². The maximum Gasteiger partial charge on any atom is 0.254 e. The average Bonchev–Trinajstić information content (AvgIpc) is 2.80. The normalized spacial score (nSPS) is 18.3. The van der Waals surface area contributed by atoms with Gasteiger partial charge in [0.2, 0.25) is 0 Å². The van der Waals surface area contributed by atoms with E-state index in [4.69, 9.17) is 4.74 Å². The molecule has 122 valence electrons. The summed E-state index contributed by atoms with van der Waals surface area (Å²) < 4.78 is 20.5. The van der Waals surface area contributed by atoms with Gasteiger partial charge in [-0.3, -0.25) is 9.48 Å². The number of carbonyl (C=O) groups excluding carboxylic acids is 1. The number of nitrogens with zero attached hydrogens (tertiary/aromatic N) is 3. The number of ether oxygens (including phenoxy) is 1. The van der Waals surface area contributed by atoms with Crippen LogP contribution < -0.4 is 0 Å². The summed E-state index contributed by atoms with van der Waals surface area (Å²) in [5.74, 6) is -0.458. The Hall–Kier alpha value is -2.21. The van der Waals surface area contributed by atoms with Gasteiger partial charge in [0.15, 0.2) is 0 Å². The van der Waals surface area contributed by atoms with Crippen molar-refractivity contribution in [1.82, 2.24) is 14.7 Å². The van der Waals surface area contributed by atoms with Gasteiger partial charge in [0, 0.05) is 30.4 Å². The van der Waals surface area contributed by atoms with E-state index in [9.17, 15) is 9.18 Å². The predicted molar refractivity (Wildman–Crippen MR) is 83.7 cm³/mol. The Morgan fingerprint density at radius 2 is 2.00 bits per heavy atom. The molecule has 6 heteroatoms. The van der Waals surface area contributed by atoms with Crippen molar-refractivity contribution in [2.45, 2.75) is 19.9 Å². The van der Waals surface area contributed by atoms with Gasteiger partial charge in [-0.05, 0) is 38.1 Å². The Bertz CT molecular complexity index is 724. The fourth-order valence-corrected chi connectivity index (χ4v) is 3.12. The van der Waals surface area contributed by atoms with E-state index < -0.39 is 0 Å². The number of amides is 1. The van der Waals surface area contributed by atoms with E-state index in [1.54, 1.807) is 4.90 Å². The number of benzene rings is 1. The Labute approximate surface area is 134 Å². The Balaban J connectivity index is 1.95. The Kier molecular flexibility index (Phi) is 4.17. The zero-order chi connectivity index (χ0) is 16.6. The zero-order valence-corrected chi connectivity index (χ0v) is 13.5. The van der Waals surface area contributed by atoms with Crippen LogP contribution in [-0.2, 0) is 11.8 Å². The minimum atomic E-state index is -0.348. The first kappa shape index (κ1) is 15.7. The standard InChI is InChI=1S/C17H20FN3O2/c1-11-16(12(2)20(3)19-11)15-10-23-9-8-21(15)17(22)13-4-6-14(18)7-5-13/h4-7,15H,8-10H2,1-3H3/t15-/m1/s1. The second-order valence-corrected chi connectivity index (χ2v) is 5.80. The Morgan fingerprint density at radius 3 is 2.61 bits per heavy atom. The largest absolute Gasteiger partial charge is 0.377 e. The number of halogens is 1. The lowest BCUT2D eigenvalue weighted by Crippen LogP contribution is -2.43. The highest BCUT2D eigenvalue weighted by molar-refractivity contribution is 5.94. The summed E-state index contributed by atoms with van der Waals surface area (Å²) in [6.07, 6.45) is 0. The minimum absolute atomic E-state index is 0.110. The summed E-state index contributed by atoms with van der Waals surface area (Å²) in [6, 6.07) is 5.49. The summed E-state index contributed by atoms with van der Waals surface area (Å²) >= 11 is 0. The van der Waals surface area contributed by atoms with Crippen LogP contribution in [0.5, 0.6) is 0 Å². The van der Waals surface area contributed by atoms with E-state index in [0.29, 0.717) is 25.3 Å². The molecule has 0 bridgehead atoms. The molecule has 2 aromatic rings. The quantitative estimate of drug-likeness (QED) is 0.854. The molecule has 1 aliphatic rings. The van der Waals surface area contributed by atoms with Crippen molar-refractivity contribution in [3.8, 4) is 0 Å². The molecule has 23 heavy (non-hydrogen) atoms. The monoisotopic (exact) mass is 317 g/mol. The summed E-state index contributed by atoms with van der Waals surface area (Å²) in [5, 5.41) is 4.44. The minimum Gasteiger partial charge on any atom is -0.377 e. The smallest absolute Gasteiger partial charge is 0.254 e. The molecule has 0 N–H and O–H groups in total. The highest BCUT2D eigenvalue weighted by atomic mass is 19.1. The highest BCUT2D eigenvalue weighted by Gasteiger charge is 2.32. The maximum absolute atomic E-state index is 13.1. The molecule has 5 nitrogen and oxygen atoms in total. The van der Waals surface area contributed by atoms with E-state index in [1.807, 2.05) is 25.6 Å². The number of aromatic nitrogens is 2. The number of aryl methyl sites for hydroxylation is 2. The van der Waals surface area contributed by atoms with E-state index >= 15 is 0 Å². The topological polar surface area (TPSA) is 47.4 Å². The number of carbonyl (C=O) groups is 1. The van der Waals surface area contributed by atoms with Crippen LogP contribution in [-0.4, -0.2) is 40.3 Å². The molecule has 1 amide bonds. The Morgan fingerprint density at radius 1 is 1.30 bits per heavy atom. The third kappa shape index (κ3) is 2.86. The molecule has 1 aromatic heterocycles. The van der Waals surface area contributed by atoms with Crippen molar-refractivity contribution in [3.63, 3.8) is 0 Å². The summed E-state index contributed by atoms with van der Waals surface area (Å²) in [6.45, 7) is 5.39. The van der Waals surface area contributed by atoms with Gasteiger partial charge in [-0.1, -0.05) is 0 Å². The molecule has 0 spiro atoms. The van der Waals surface area contributed by atoms with Crippen molar-refractivity contribution in [1.29, 1.82) is 0 Å². The molecule has 2 heterocycles. The first-order chi connectivity index (χ1) is 11.0. The van der Waals surface area contributed by atoms with Gasteiger partial charge in [-0.2, -0.15) is 5.10 Å². The van der Waals surface area contributed by atoms with Gasteiger partial charge in [-0.25, -0.2) is 4.39 Å². The van der Waals surface area contributed by atoms with Crippen molar-refractivity contribution in [3.05, 3.63) is 52.6 Å². The van der Waals surface area contributed by atoms with E-state index in [2.05, 4.69) is 5.10 Å². The molecule has 1 saturated heterocycles. The first-order valence-corrected chi connectivity index (χ1v) is 7.63. The number of hydrogen-bond acceptors (Lipinski definition) is 3. The molecule has 0 aliphatic carbocycles. The van der Waals surface area contributed by atoms with Crippen molar-refractivity contribution in [2.24, 2.45) is 7.05 Å². The summed E-state index contributed by atoms with van der Waals surface area (Å²) in [4.78, 5) is 14.6. The van der Waals surface area contributed by atoms with Crippen molar-refractivity contribution < 1.29 is 13.9 Å². The fraction of sp³-hybridized carbons (Fsp3) is 0.412. The average molecular weight is 317 g/mol. The number of rotatable bonds is 2. The second kappa shape index (κ2) is 6.12. The van der Waals surface area contributed by atoms with Crippen LogP contribution in [0.25, 0.3) is 0 Å². The van der Waals surface area contributed by atoms with Gasteiger partial charge in [-0.15, -0.1) is 0 Å². The molecule has 1 aliphatic heterocycles. The molecule has 1 fully saturated rings. The molecule has 1 aromatic carbocycles. The van der Waals surface area contributed by atoms with Crippen LogP contribution in [0.4, 0.5) is 4.39 Å². The zero-order valence-electron chi connectivity index (χ0n) is 13.5. The van der Waals surface area contributed by atoms with Crippen LogP contribution in [0.2, 0.25) is 0 Å². The number of morpholine rings is 1. The lowest BCUT2D eigenvalue weighted by atomic mass is 10.0. The van der Waals surface area contributed by atoms with Gasteiger partial charge in [0.25, 0.3) is 5.91 Å². The van der Waals surface area contributed by atoms with E-state index in [0.717, 1.165) is 17.0 Å². The van der Waals surface area contributed by atoms with Crippen LogP contribution in [0.15, 0.2) is 24.3 Å². The van der Waals surface area contributed by atoms with Crippen LogP contribution in [0.3, 0.4) is 0 Å². The number of hydrogen-bond donors (Lipinski definition) is 0. The van der Waals surface area contributed by atoms with Crippen LogP contribution in [0.1, 0.15) is 33.4 Å². The maximum atomic E-state index is 13.1. The van der Waals surface area contributed by atoms with E-state index in [1.165, 1.54) is 24.3 Å². The molecule has 0 radical (unpaired) electrons. The SMILES string of the molecule is Cc1nn(C)c(C)c1[C@H]1COCCN1C(=O)c1ccc(F)cc1. The van der Waals surface area contributed by atoms with Gasteiger partial charge in [0.05, 0.1) is 24.9 Å². The van der Waals surface area contributed by atoms with Crippen molar-refractivity contribution in [2.75, 3.05) is 19.8 Å². The molecule has 0 unspecified atom stereocenters. The summed E-state index contributed by atoms with van der Waals surface area (Å²) in [5.41, 5.74) is 3.44. The predicted octanol–water partition coefficient (Wildman–Crippen LogP) is 2.39. The van der Waals surface area contributed by atoms with Crippen LogP contribution >= 0.6 is 0 Å². The molecule has 0 saturated carbocycles. The molecular weight excluding hydrogens is 297 g/mol. The first-order valence-electron chi connectivity index (χ1n) is 7.63.